The largest absolute Gasteiger partial charge is 0.383 e. The van der Waals surface area contributed by atoms with Crippen molar-refractivity contribution < 1.29 is 4.74 Å². The third-order valence-electron chi connectivity index (χ3n) is 1.95. The molecular weight excluding hydrogens is 164 g/mol. The minimum absolute atomic E-state index is 0.601. The number of rotatable bonds is 8. The number of hydrogen-bond donors (Lipinski definition) is 1. The minimum atomic E-state index is 0.601. The number of ether oxygens (including phenoxy) is 1. The topological polar surface area (TPSA) is 24.5 Å². The smallest absolute Gasteiger partial charge is 0.0589 e. The molecule has 3 nitrogen and oxygen atoms in total. The van der Waals surface area contributed by atoms with Gasteiger partial charge in [0.25, 0.3) is 0 Å². The van der Waals surface area contributed by atoms with Gasteiger partial charge in [-0.25, -0.2) is 0 Å². The summed E-state index contributed by atoms with van der Waals surface area (Å²) in [4.78, 5) is 2.30. The number of methoxy groups -OCH3 is 1. The average Bonchev–Trinajstić information content (AvgIpc) is 2.08. The highest BCUT2D eigenvalue weighted by molar-refractivity contribution is 4.56. The second-order valence-corrected chi connectivity index (χ2v) is 3.76. The summed E-state index contributed by atoms with van der Waals surface area (Å²) in [5.41, 5.74) is 0. The van der Waals surface area contributed by atoms with Crippen LogP contribution in [-0.2, 0) is 4.74 Å². The second-order valence-electron chi connectivity index (χ2n) is 3.76. The molecule has 0 aliphatic rings. The lowest BCUT2D eigenvalue weighted by atomic mass is 10.3. The van der Waals surface area contributed by atoms with Gasteiger partial charge in [0, 0.05) is 19.7 Å². The maximum atomic E-state index is 5.00. The van der Waals surface area contributed by atoms with Crippen molar-refractivity contribution in [3.63, 3.8) is 0 Å². The molecule has 13 heavy (non-hydrogen) atoms. The zero-order valence-corrected chi connectivity index (χ0v) is 9.47. The van der Waals surface area contributed by atoms with Crippen molar-refractivity contribution in [1.82, 2.24) is 10.2 Å². The van der Waals surface area contributed by atoms with E-state index in [2.05, 4.69) is 31.1 Å². The standard InChI is InChI=1S/C10H24N2O/c1-10(2)11-6-5-7-12(3)8-9-13-4/h10-11H,5-9H2,1-4H3. The molecule has 0 atom stereocenters. The lowest BCUT2D eigenvalue weighted by Gasteiger charge is -2.16. The molecule has 0 heterocycles. The highest BCUT2D eigenvalue weighted by Gasteiger charge is 1.97. The van der Waals surface area contributed by atoms with Crippen LogP contribution in [0.3, 0.4) is 0 Å². The fourth-order valence-corrected chi connectivity index (χ4v) is 1.10. The summed E-state index contributed by atoms with van der Waals surface area (Å²) in [7, 11) is 3.88. The van der Waals surface area contributed by atoms with Gasteiger partial charge in [-0.15, -0.1) is 0 Å². The Hall–Kier alpha value is -0.120. The average molecular weight is 188 g/mol. The summed E-state index contributed by atoms with van der Waals surface area (Å²) >= 11 is 0. The number of nitrogens with zero attached hydrogens (tertiary/aromatic N) is 1. The summed E-state index contributed by atoms with van der Waals surface area (Å²) in [5, 5.41) is 3.40. The van der Waals surface area contributed by atoms with Crippen molar-refractivity contribution in [2.75, 3.05) is 40.4 Å². The van der Waals surface area contributed by atoms with Crippen molar-refractivity contribution in [1.29, 1.82) is 0 Å². The van der Waals surface area contributed by atoms with Gasteiger partial charge in [0.1, 0.15) is 0 Å². The molecule has 0 aliphatic carbocycles. The number of nitrogens with one attached hydrogen (secondary N) is 1. The molecule has 1 N–H and O–H groups in total. The first-order valence-electron chi connectivity index (χ1n) is 5.07. The monoisotopic (exact) mass is 188 g/mol. The Labute approximate surface area is 82.4 Å². The maximum absolute atomic E-state index is 5.00. The third-order valence-corrected chi connectivity index (χ3v) is 1.95. The van der Waals surface area contributed by atoms with Gasteiger partial charge < -0.3 is 15.0 Å². The van der Waals surface area contributed by atoms with Gasteiger partial charge in [0.2, 0.25) is 0 Å². The molecule has 0 radical (unpaired) electrons. The molecular formula is C10H24N2O. The second kappa shape index (κ2) is 8.48. The summed E-state index contributed by atoms with van der Waals surface area (Å²) in [5.74, 6) is 0. The molecule has 0 bridgehead atoms. The Morgan fingerprint density at radius 1 is 1.31 bits per heavy atom. The summed E-state index contributed by atoms with van der Waals surface area (Å²) in [6.45, 7) is 8.45. The summed E-state index contributed by atoms with van der Waals surface area (Å²) in [6, 6.07) is 0.601. The highest BCUT2D eigenvalue weighted by Crippen LogP contribution is 1.87. The molecule has 0 aromatic heterocycles. The van der Waals surface area contributed by atoms with E-state index in [4.69, 9.17) is 4.74 Å². The Morgan fingerprint density at radius 3 is 2.54 bits per heavy atom. The maximum Gasteiger partial charge on any atom is 0.0589 e. The first kappa shape index (κ1) is 12.9. The third kappa shape index (κ3) is 9.80. The van der Waals surface area contributed by atoms with Gasteiger partial charge in [-0.05, 0) is 26.6 Å². The normalized spacial score (nSPS) is 11.5. The molecule has 0 rings (SSSR count). The minimum Gasteiger partial charge on any atom is -0.383 e. The van der Waals surface area contributed by atoms with E-state index >= 15 is 0 Å². The van der Waals surface area contributed by atoms with E-state index in [1.807, 2.05) is 0 Å². The lowest BCUT2D eigenvalue weighted by molar-refractivity contribution is 0.160. The molecule has 0 unspecified atom stereocenters. The van der Waals surface area contributed by atoms with E-state index in [9.17, 15) is 0 Å². The molecule has 3 heteroatoms. The molecule has 0 aromatic carbocycles. The number of likely N-dealkylation sites (N-methyl/N-ethyl adjacent to an activating group) is 1. The molecule has 0 spiro atoms. The first-order chi connectivity index (χ1) is 6.16. The van der Waals surface area contributed by atoms with Crippen molar-refractivity contribution in [2.24, 2.45) is 0 Å². The van der Waals surface area contributed by atoms with Crippen LogP contribution in [0.5, 0.6) is 0 Å². The Morgan fingerprint density at radius 2 is 2.00 bits per heavy atom. The quantitative estimate of drug-likeness (QED) is 0.574. The van der Waals surface area contributed by atoms with Gasteiger partial charge >= 0.3 is 0 Å². The van der Waals surface area contributed by atoms with Crippen molar-refractivity contribution in [3.05, 3.63) is 0 Å². The van der Waals surface area contributed by atoms with Crippen LogP contribution < -0.4 is 5.32 Å². The van der Waals surface area contributed by atoms with Crippen LogP contribution in [0.4, 0.5) is 0 Å². The predicted octanol–water partition coefficient (Wildman–Crippen LogP) is 0.953. The van der Waals surface area contributed by atoms with Crippen LogP contribution in [0.25, 0.3) is 0 Å². The van der Waals surface area contributed by atoms with Gasteiger partial charge in [-0.2, -0.15) is 0 Å². The highest BCUT2D eigenvalue weighted by atomic mass is 16.5. The van der Waals surface area contributed by atoms with Crippen LogP contribution in [0.15, 0.2) is 0 Å². The van der Waals surface area contributed by atoms with Gasteiger partial charge in [0.05, 0.1) is 6.61 Å². The van der Waals surface area contributed by atoms with Crippen LogP contribution in [0.2, 0.25) is 0 Å². The van der Waals surface area contributed by atoms with Crippen molar-refractivity contribution in [3.8, 4) is 0 Å². The van der Waals surface area contributed by atoms with Gasteiger partial charge in [-0.1, -0.05) is 13.8 Å². The van der Waals surface area contributed by atoms with E-state index in [0.29, 0.717) is 6.04 Å². The zero-order chi connectivity index (χ0) is 10.1. The molecule has 0 fully saturated rings. The fourth-order valence-electron chi connectivity index (χ4n) is 1.10. The summed E-state index contributed by atoms with van der Waals surface area (Å²) in [6.07, 6.45) is 1.21. The van der Waals surface area contributed by atoms with Crippen LogP contribution in [-0.4, -0.2) is 51.3 Å². The molecule has 0 amide bonds. The molecule has 80 valence electrons. The SMILES string of the molecule is COCCN(C)CCCNC(C)C. The van der Waals surface area contributed by atoms with Crippen molar-refractivity contribution >= 4 is 0 Å². The van der Waals surface area contributed by atoms with Crippen LogP contribution in [0.1, 0.15) is 20.3 Å². The van der Waals surface area contributed by atoms with E-state index in [1.165, 1.54) is 6.42 Å². The molecule has 0 saturated heterocycles. The van der Waals surface area contributed by atoms with E-state index in [0.717, 1.165) is 26.2 Å². The van der Waals surface area contributed by atoms with Crippen LogP contribution >= 0.6 is 0 Å². The van der Waals surface area contributed by atoms with Crippen LogP contribution in [0, 0.1) is 0 Å². The fraction of sp³-hybridized carbons (Fsp3) is 1.00. The summed E-state index contributed by atoms with van der Waals surface area (Å²) < 4.78 is 5.00. The Balaban J connectivity index is 3.12. The molecule has 0 aliphatic heterocycles. The number of hydrogen-bond acceptors (Lipinski definition) is 3. The Bertz CT molecular complexity index is 107. The van der Waals surface area contributed by atoms with Gasteiger partial charge in [-0.3, -0.25) is 0 Å². The van der Waals surface area contributed by atoms with Gasteiger partial charge in [0.15, 0.2) is 0 Å². The first-order valence-corrected chi connectivity index (χ1v) is 5.07. The molecule has 0 saturated carbocycles. The predicted molar refractivity (Wildman–Crippen MR) is 57.1 cm³/mol. The lowest BCUT2D eigenvalue weighted by Crippen LogP contribution is -2.29. The van der Waals surface area contributed by atoms with Crippen molar-refractivity contribution in [2.45, 2.75) is 26.3 Å². The van der Waals surface area contributed by atoms with E-state index in [1.54, 1.807) is 7.11 Å². The van der Waals surface area contributed by atoms with E-state index in [-0.39, 0.29) is 0 Å². The van der Waals surface area contributed by atoms with E-state index < -0.39 is 0 Å². The molecule has 0 aromatic rings. The zero-order valence-electron chi connectivity index (χ0n) is 9.47. The Kier molecular flexibility index (Phi) is 8.40.